The SMILES string of the molecule is C#CCCNc1ncnc2sccc12. The first-order valence-electron chi connectivity index (χ1n) is 4.27. The maximum absolute atomic E-state index is 5.16. The Hall–Kier alpha value is -1.60. The quantitative estimate of drug-likeness (QED) is 0.613. The molecule has 0 aliphatic rings. The van der Waals surface area contributed by atoms with Crippen LogP contribution in [0.4, 0.5) is 5.82 Å². The molecule has 0 aromatic carbocycles. The lowest BCUT2D eigenvalue weighted by atomic mass is 10.3. The molecule has 2 aromatic heterocycles. The van der Waals surface area contributed by atoms with E-state index in [-0.39, 0.29) is 0 Å². The van der Waals surface area contributed by atoms with Crippen LogP contribution in [-0.2, 0) is 0 Å². The average molecular weight is 203 g/mol. The van der Waals surface area contributed by atoms with Crippen LogP contribution in [0.2, 0.25) is 0 Å². The Morgan fingerprint density at radius 2 is 2.43 bits per heavy atom. The molecule has 0 saturated carbocycles. The van der Waals surface area contributed by atoms with Crippen molar-refractivity contribution in [2.75, 3.05) is 11.9 Å². The van der Waals surface area contributed by atoms with Gasteiger partial charge in [0.15, 0.2) is 0 Å². The standard InChI is InChI=1S/C10H9N3S/c1-2-3-5-11-9-8-4-6-14-10(8)13-7-12-9/h1,4,6-7H,3,5H2,(H,11,12,13). The van der Waals surface area contributed by atoms with Crippen molar-refractivity contribution >= 4 is 27.4 Å². The summed E-state index contributed by atoms with van der Waals surface area (Å²) in [4.78, 5) is 9.33. The number of hydrogen-bond acceptors (Lipinski definition) is 4. The van der Waals surface area contributed by atoms with Crippen LogP contribution in [0.15, 0.2) is 17.8 Å². The zero-order valence-corrected chi connectivity index (χ0v) is 8.34. The molecule has 2 heterocycles. The first kappa shape index (κ1) is 8.97. The van der Waals surface area contributed by atoms with E-state index in [1.165, 1.54) is 0 Å². The summed E-state index contributed by atoms with van der Waals surface area (Å²) in [6.07, 6.45) is 7.44. The lowest BCUT2D eigenvalue weighted by Crippen LogP contribution is -2.02. The highest BCUT2D eigenvalue weighted by atomic mass is 32.1. The fourth-order valence-electron chi connectivity index (χ4n) is 1.18. The van der Waals surface area contributed by atoms with E-state index in [9.17, 15) is 0 Å². The maximum Gasteiger partial charge on any atom is 0.138 e. The molecular formula is C10H9N3S. The van der Waals surface area contributed by atoms with E-state index in [0.717, 1.165) is 22.6 Å². The molecule has 0 atom stereocenters. The van der Waals surface area contributed by atoms with Crippen molar-refractivity contribution in [2.45, 2.75) is 6.42 Å². The number of nitrogens with one attached hydrogen (secondary N) is 1. The van der Waals surface area contributed by atoms with Gasteiger partial charge < -0.3 is 5.32 Å². The number of aromatic nitrogens is 2. The molecule has 3 nitrogen and oxygen atoms in total. The molecule has 1 N–H and O–H groups in total. The predicted molar refractivity (Wildman–Crippen MR) is 59.4 cm³/mol. The lowest BCUT2D eigenvalue weighted by molar-refractivity contribution is 1.07. The topological polar surface area (TPSA) is 37.8 Å². The second kappa shape index (κ2) is 4.07. The van der Waals surface area contributed by atoms with Crippen LogP contribution in [0.25, 0.3) is 10.2 Å². The van der Waals surface area contributed by atoms with Crippen LogP contribution in [-0.4, -0.2) is 16.5 Å². The van der Waals surface area contributed by atoms with Crippen LogP contribution in [0.3, 0.4) is 0 Å². The number of terminal acetylenes is 1. The monoisotopic (exact) mass is 203 g/mol. The fourth-order valence-corrected chi connectivity index (χ4v) is 1.92. The number of nitrogens with zero attached hydrogens (tertiary/aromatic N) is 2. The van der Waals surface area contributed by atoms with Crippen LogP contribution in [0.1, 0.15) is 6.42 Å². The maximum atomic E-state index is 5.16. The molecule has 0 radical (unpaired) electrons. The van der Waals surface area contributed by atoms with Crippen molar-refractivity contribution in [1.29, 1.82) is 0 Å². The minimum absolute atomic E-state index is 0.704. The molecule has 0 aliphatic carbocycles. The summed E-state index contributed by atoms with van der Waals surface area (Å²) in [6.45, 7) is 0.748. The summed E-state index contributed by atoms with van der Waals surface area (Å²) in [5.74, 6) is 3.44. The van der Waals surface area contributed by atoms with E-state index in [1.54, 1.807) is 17.7 Å². The van der Waals surface area contributed by atoms with Gasteiger partial charge in [0.1, 0.15) is 17.0 Å². The first-order valence-corrected chi connectivity index (χ1v) is 5.15. The summed E-state index contributed by atoms with van der Waals surface area (Å²) in [6, 6.07) is 2.01. The highest BCUT2D eigenvalue weighted by molar-refractivity contribution is 7.16. The minimum atomic E-state index is 0.704. The Morgan fingerprint density at radius 3 is 3.29 bits per heavy atom. The van der Waals surface area contributed by atoms with Crippen LogP contribution < -0.4 is 5.32 Å². The van der Waals surface area contributed by atoms with Crippen molar-refractivity contribution in [1.82, 2.24) is 9.97 Å². The molecule has 4 heteroatoms. The zero-order chi connectivity index (χ0) is 9.80. The molecule has 0 amide bonds. The average Bonchev–Trinajstić information content (AvgIpc) is 2.67. The smallest absolute Gasteiger partial charge is 0.138 e. The third-order valence-corrected chi connectivity index (χ3v) is 2.64. The lowest BCUT2D eigenvalue weighted by Gasteiger charge is -2.03. The zero-order valence-electron chi connectivity index (χ0n) is 7.53. The fraction of sp³-hybridized carbons (Fsp3) is 0.200. The third-order valence-electron chi connectivity index (χ3n) is 1.82. The largest absolute Gasteiger partial charge is 0.368 e. The van der Waals surface area contributed by atoms with Crippen LogP contribution in [0, 0.1) is 12.3 Å². The van der Waals surface area contributed by atoms with Gasteiger partial charge in [-0.15, -0.1) is 23.7 Å². The van der Waals surface area contributed by atoms with Gasteiger partial charge in [0, 0.05) is 13.0 Å². The molecule has 0 aliphatic heterocycles. The summed E-state index contributed by atoms with van der Waals surface area (Å²) in [5.41, 5.74) is 0. The molecule has 0 saturated heterocycles. The Morgan fingerprint density at radius 1 is 1.50 bits per heavy atom. The van der Waals surface area contributed by atoms with Gasteiger partial charge >= 0.3 is 0 Å². The molecule has 2 aromatic rings. The van der Waals surface area contributed by atoms with Gasteiger partial charge in [-0.2, -0.15) is 0 Å². The summed E-state index contributed by atoms with van der Waals surface area (Å²) >= 11 is 1.61. The number of anilines is 1. The van der Waals surface area contributed by atoms with E-state index in [1.807, 2.05) is 11.4 Å². The van der Waals surface area contributed by atoms with Gasteiger partial charge in [0.25, 0.3) is 0 Å². The molecule has 14 heavy (non-hydrogen) atoms. The van der Waals surface area contributed by atoms with E-state index < -0.39 is 0 Å². The second-order valence-corrected chi connectivity index (χ2v) is 3.64. The van der Waals surface area contributed by atoms with E-state index >= 15 is 0 Å². The predicted octanol–water partition coefficient (Wildman–Crippen LogP) is 2.13. The molecule has 0 bridgehead atoms. The van der Waals surface area contributed by atoms with Crippen molar-refractivity contribution in [2.24, 2.45) is 0 Å². The van der Waals surface area contributed by atoms with Crippen molar-refractivity contribution < 1.29 is 0 Å². The highest BCUT2D eigenvalue weighted by Gasteiger charge is 2.02. The van der Waals surface area contributed by atoms with Crippen molar-refractivity contribution in [3.8, 4) is 12.3 Å². The van der Waals surface area contributed by atoms with E-state index in [4.69, 9.17) is 6.42 Å². The summed E-state index contributed by atoms with van der Waals surface area (Å²) < 4.78 is 0. The molecule has 0 spiro atoms. The normalized spacial score (nSPS) is 9.93. The summed E-state index contributed by atoms with van der Waals surface area (Å²) in [7, 11) is 0. The van der Waals surface area contributed by atoms with Gasteiger partial charge in [-0.05, 0) is 11.4 Å². The minimum Gasteiger partial charge on any atom is -0.368 e. The third kappa shape index (κ3) is 1.68. The van der Waals surface area contributed by atoms with Crippen LogP contribution >= 0.6 is 11.3 Å². The van der Waals surface area contributed by atoms with Crippen molar-refractivity contribution in [3.05, 3.63) is 17.8 Å². The van der Waals surface area contributed by atoms with E-state index in [0.29, 0.717) is 6.42 Å². The molecule has 2 rings (SSSR count). The van der Waals surface area contributed by atoms with Crippen molar-refractivity contribution in [3.63, 3.8) is 0 Å². The van der Waals surface area contributed by atoms with E-state index in [2.05, 4.69) is 21.2 Å². The number of hydrogen-bond donors (Lipinski definition) is 1. The van der Waals surface area contributed by atoms with Crippen LogP contribution in [0.5, 0.6) is 0 Å². The Balaban J connectivity index is 2.24. The molecular weight excluding hydrogens is 194 g/mol. The molecule has 0 unspecified atom stereocenters. The highest BCUT2D eigenvalue weighted by Crippen LogP contribution is 2.23. The van der Waals surface area contributed by atoms with Gasteiger partial charge in [-0.1, -0.05) is 0 Å². The van der Waals surface area contributed by atoms with Gasteiger partial charge in [-0.25, -0.2) is 9.97 Å². The Kier molecular flexibility index (Phi) is 2.61. The molecule has 0 fully saturated rings. The molecule has 70 valence electrons. The number of fused-ring (bicyclic) bond motifs is 1. The first-order chi connectivity index (χ1) is 6.92. The Labute approximate surface area is 86.2 Å². The van der Waals surface area contributed by atoms with Gasteiger partial charge in [0.2, 0.25) is 0 Å². The number of rotatable bonds is 3. The second-order valence-electron chi connectivity index (χ2n) is 2.74. The number of thiophene rings is 1. The van der Waals surface area contributed by atoms with Gasteiger partial charge in [0.05, 0.1) is 5.39 Å². The summed E-state index contributed by atoms with van der Waals surface area (Å²) in [5, 5.41) is 6.26. The Bertz CT molecular complexity index is 469. The van der Waals surface area contributed by atoms with Gasteiger partial charge in [-0.3, -0.25) is 0 Å².